The highest BCUT2D eigenvalue weighted by molar-refractivity contribution is 5.95. The third-order valence-electron chi connectivity index (χ3n) is 6.16. The van der Waals surface area contributed by atoms with Crippen LogP contribution in [0, 0.1) is 13.8 Å². The summed E-state index contributed by atoms with van der Waals surface area (Å²) >= 11 is 0. The van der Waals surface area contributed by atoms with Gasteiger partial charge in [0, 0.05) is 46.3 Å². The molecule has 1 aromatic heterocycles. The molecule has 2 saturated heterocycles. The summed E-state index contributed by atoms with van der Waals surface area (Å²) in [6.45, 7) is 11.4. The van der Waals surface area contributed by atoms with Crippen LogP contribution in [-0.4, -0.2) is 88.1 Å². The number of aromatic nitrogens is 2. The third kappa shape index (κ3) is 4.72. The molecule has 0 radical (unpaired) electrons. The van der Waals surface area contributed by atoms with Crippen molar-refractivity contribution in [2.75, 3.05) is 51.1 Å². The molecule has 0 unspecified atom stereocenters. The Kier molecular flexibility index (Phi) is 6.72. The lowest BCUT2D eigenvalue weighted by atomic mass is 10.1. The van der Waals surface area contributed by atoms with Crippen LogP contribution in [0.1, 0.15) is 37.6 Å². The van der Waals surface area contributed by atoms with Gasteiger partial charge in [0.25, 0.3) is 0 Å². The summed E-state index contributed by atoms with van der Waals surface area (Å²) in [4.78, 5) is 31.6. The number of rotatable bonds is 5. The number of amides is 2. The Labute approximate surface area is 167 Å². The number of hydrogen-bond donors (Lipinski definition) is 1. The van der Waals surface area contributed by atoms with Crippen LogP contribution >= 0.6 is 0 Å². The second-order valence-electron chi connectivity index (χ2n) is 8.09. The zero-order valence-electron chi connectivity index (χ0n) is 17.7. The Balaban J connectivity index is 1.47. The molecule has 1 N–H and O–H groups in total. The van der Waals surface area contributed by atoms with E-state index >= 15 is 0 Å². The van der Waals surface area contributed by atoms with Gasteiger partial charge in [-0.1, -0.05) is 0 Å². The quantitative estimate of drug-likeness (QED) is 0.812. The number of piperazine rings is 1. The zero-order valence-corrected chi connectivity index (χ0v) is 17.7. The Bertz CT molecular complexity index is 702. The van der Waals surface area contributed by atoms with Gasteiger partial charge in [0.15, 0.2) is 0 Å². The van der Waals surface area contributed by atoms with Crippen molar-refractivity contribution in [3.63, 3.8) is 0 Å². The number of aryl methyl sites for hydroxylation is 2. The number of carbonyl (C=O) groups excluding carboxylic acids is 2. The van der Waals surface area contributed by atoms with E-state index in [1.54, 1.807) is 4.68 Å². The largest absolute Gasteiger partial charge is 0.342 e. The minimum Gasteiger partial charge on any atom is -0.342 e. The van der Waals surface area contributed by atoms with E-state index in [1.807, 2.05) is 32.7 Å². The number of carbonyl (C=O) groups is 2. The monoisotopic (exact) mass is 390 g/mol. The normalized spacial score (nSPS) is 20.2. The number of likely N-dealkylation sites (tertiary alicyclic amines) is 1. The molecule has 0 spiro atoms. The molecule has 156 valence electrons. The highest BCUT2D eigenvalue weighted by atomic mass is 16.2. The van der Waals surface area contributed by atoms with Crippen LogP contribution in [0.4, 0.5) is 5.69 Å². The average molecular weight is 391 g/mol. The lowest BCUT2D eigenvalue weighted by Gasteiger charge is -2.38. The molecule has 3 heterocycles. The zero-order chi connectivity index (χ0) is 20.3. The fourth-order valence-electron chi connectivity index (χ4n) is 4.09. The standard InChI is InChI=1S/C20H34N6O2/c1-15-19(16(2)23(4)22-15)21-20(28)17(3)25-12-10-24(11-13-25)14-18(27)26-8-6-5-7-9-26/h17H,5-14H2,1-4H3,(H,21,28)/t17-/m1/s1. The first kappa shape index (κ1) is 20.8. The number of nitrogens with one attached hydrogen (secondary N) is 1. The van der Waals surface area contributed by atoms with E-state index in [1.165, 1.54) is 6.42 Å². The van der Waals surface area contributed by atoms with Crippen molar-refractivity contribution in [3.8, 4) is 0 Å². The molecule has 2 aliphatic rings. The molecular formula is C20H34N6O2. The van der Waals surface area contributed by atoms with E-state index in [0.29, 0.717) is 6.54 Å². The van der Waals surface area contributed by atoms with Crippen molar-refractivity contribution in [1.29, 1.82) is 0 Å². The number of nitrogens with zero attached hydrogens (tertiary/aromatic N) is 5. The second kappa shape index (κ2) is 9.05. The summed E-state index contributed by atoms with van der Waals surface area (Å²) < 4.78 is 1.79. The van der Waals surface area contributed by atoms with Crippen molar-refractivity contribution in [3.05, 3.63) is 11.4 Å². The van der Waals surface area contributed by atoms with Crippen molar-refractivity contribution in [1.82, 2.24) is 24.5 Å². The minimum atomic E-state index is -0.209. The summed E-state index contributed by atoms with van der Waals surface area (Å²) in [5, 5.41) is 7.40. The molecular weight excluding hydrogens is 356 g/mol. The SMILES string of the molecule is Cc1nn(C)c(C)c1NC(=O)[C@@H](C)N1CCN(CC(=O)N2CCCCC2)CC1. The van der Waals surface area contributed by atoms with Crippen LogP contribution in [0.5, 0.6) is 0 Å². The molecule has 2 aliphatic heterocycles. The van der Waals surface area contributed by atoms with E-state index in [0.717, 1.165) is 69.2 Å². The molecule has 0 aromatic carbocycles. The maximum atomic E-state index is 12.7. The van der Waals surface area contributed by atoms with Crippen LogP contribution < -0.4 is 5.32 Å². The Morgan fingerprint density at radius 2 is 1.68 bits per heavy atom. The second-order valence-corrected chi connectivity index (χ2v) is 8.09. The van der Waals surface area contributed by atoms with Crippen LogP contribution in [0.25, 0.3) is 0 Å². The van der Waals surface area contributed by atoms with Gasteiger partial charge in [-0.25, -0.2) is 0 Å². The fraction of sp³-hybridized carbons (Fsp3) is 0.750. The van der Waals surface area contributed by atoms with Gasteiger partial charge >= 0.3 is 0 Å². The van der Waals surface area contributed by atoms with Gasteiger partial charge in [0.05, 0.1) is 29.7 Å². The molecule has 1 atom stereocenters. The van der Waals surface area contributed by atoms with Gasteiger partial charge in [0.2, 0.25) is 11.8 Å². The molecule has 0 aliphatic carbocycles. The first-order valence-electron chi connectivity index (χ1n) is 10.4. The lowest BCUT2D eigenvalue weighted by molar-refractivity contribution is -0.134. The minimum absolute atomic E-state index is 0.00274. The summed E-state index contributed by atoms with van der Waals surface area (Å²) in [5.41, 5.74) is 2.60. The molecule has 28 heavy (non-hydrogen) atoms. The highest BCUT2D eigenvalue weighted by Gasteiger charge is 2.28. The summed E-state index contributed by atoms with van der Waals surface area (Å²) in [5.74, 6) is 0.249. The maximum Gasteiger partial charge on any atom is 0.241 e. The topological polar surface area (TPSA) is 73.7 Å². The maximum absolute atomic E-state index is 12.7. The summed E-state index contributed by atoms with van der Waals surface area (Å²) in [6, 6.07) is -0.209. The predicted molar refractivity (Wildman–Crippen MR) is 109 cm³/mol. The van der Waals surface area contributed by atoms with Crippen LogP contribution in [0.3, 0.4) is 0 Å². The van der Waals surface area contributed by atoms with Crippen LogP contribution in [0.15, 0.2) is 0 Å². The molecule has 8 nitrogen and oxygen atoms in total. The van der Waals surface area contributed by atoms with Crippen molar-refractivity contribution >= 4 is 17.5 Å². The van der Waals surface area contributed by atoms with Gasteiger partial charge < -0.3 is 10.2 Å². The molecule has 0 saturated carbocycles. The number of anilines is 1. The molecule has 2 fully saturated rings. The predicted octanol–water partition coefficient (Wildman–Crippen LogP) is 0.994. The van der Waals surface area contributed by atoms with E-state index in [-0.39, 0.29) is 17.9 Å². The molecule has 2 amide bonds. The van der Waals surface area contributed by atoms with E-state index < -0.39 is 0 Å². The van der Waals surface area contributed by atoms with Crippen LogP contribution in [-0.2, 0) is 16.6 Å². The average Bonchev–Trinajstić information content (AvgIpc) is 2.94. The Hall–Kier alpha value is -1.93. The third-order valence-corrected chi connectivity index (χ3v) is 6.16. The van der Waals surface area contributed by atoms with Gasteiger partial charge in [-0.05, 0) is 40.0 Å². The van der Waals surface area contributed by atoms with Gasteiger partial charge in [-0.15, -0.1) is 0 Å². The summed E-state index contributed by atoms with van der Waals surface area (Å²) in [6.07, 6.45) is 3.49. The van der Waals surface area contributed by atoms with Crippen molar-refractivity contribution in [2.24, 2.45) is 7.05 Å². The van der Waals surface area contributed by atoms with E-state index in [2.05, 4.69) is 20.2 Å². The lowest BCUT2D eigenvalue weighted by Crippen LogP contribution is -2.54. The Morgan fingerprint density at radius 3 is 2.25 bits per heavy atom. The van der Waals surface area contributed by atoms with E-state index in [9.17, 15) is 9.59 Å². The van der Waals surface area contributed by atoms with Gasteiger partial charge in [0.1, 0.15) is 0 Å². The van der Waals surface area contributed by atoms with Crippen molar-refractivity contribution in [2.45, 2.75) is 46.1 Å². The molecule has 0 bridgehead atoms. The summed E-state index contributed by atoms with van der Waals surface area (Å²) in [7, 11) is 1.88. The highest BCUT2D eigenvalue weighted by Crippen LogP contribution is 2.19. The fourth-order valence-corrected chi connectivity index (χ4v) is 4.09. The van der Waals surface area contributed by atoms with Crippen LogP contribution in [0.2, 0.25) is 0 Å². The molecule has 1 aromatic rings. The smallest absolute Gasteiger partial charge is 0.241 e. The molecule has 8 heteroatoms. The molecule has 3 rings (SSSR count). The van der Waals surface area contributed by atoms with Gasteiger partial charge in [-0.3, -0.25) is 24.1 Å². The van der Waals surface area contributed by atoms with Gasteiger partial charge in [-0.2, -0.15) is 5.10 Å². The van der Waals surface area contributed by atoms with E-state index in [4.69, 9.17) is 0 Å². The number of hydrogen-bond acceptors (Lipinski definition) is 5. The number of piperidine rings is 1. The van der Waals surface area contributed by atoms with Crippen molar-refractivity contribution < 1.29 is 9.59 Å². The first-order valence-corrected chi connectivity index (χ1v) is 10.4. The first-order chi connectivity index (χ1) is 13.4. The Morgan fingerprint density at radius 1 is 1.04 bits per heavy atom.